The Kier molecular flexibility index (Phi) is 6.46. The van der Waals surface area contributed by atoms with Gasteiger partial charge in [0.05, 0.1) is 22.3 Å². The number of aromatic nitrogens is 1. The monoisotopic (exact) mass is 399 g/mol. The quantitative estimate of drug-likeness (QED) is 0.723. The van der Waals surface area contributed by atoms with Crippen molar-refractivity contribution in [3.05, 3.63) is 66.0 Å². The Balaban J connectivity index is 1.67. The molecule has 0 fully saturated rings. The third-order valence-electron chi connectivity index (χ3n) is 4.87. The number of amides is 1. The molecule has 2 aromatic rings. The summed E-state index contributed by atoms with van der Waals surface area (Å²) in [6.07, 6.45) is 10.7. The zero-order valence-corrected chi connectivity index (χ0v) is 16.8. The summed E-state index contributed by atoms with van der Waals surface area (Å²) in [5.74, 6) is -0.253. The summed E-state index contributed by atoms with van der Waals surface area (Å²) in [6, 6.07) is 9.72. The highest BCUT2D eigenvalue weighted by atomic mass is 32.2. The van der Waals surface area contributed by atoms with Crippen LogP contribution in [0.1, 0.15) is 42.5 Å². The number of anilines is 1. The van der Waals surface area contributed by atoms with Gasteiger partial charge in [-0.3, -0.25) is 14.1 Å². The summed E-state index contributed by atoms with van der Waals surface area (Å²) in [5.41, 5.74) is 2.07. The topological polar surface area (TPSA) is 79.4 Å². The molecule has 0 aliphatic heterocycles. The molecule has 28 heavy (non-hydrogen) atoms. The predicted octanol–water partition coefficient (Wildman–Crippen LogP) is 3.53. The zero-order chi connectivity index (χ0) is 20.0. The van der Waals surface area contributed by atoms with Gasteiger partial charge in [-0.2, -0.15) is 0 Å². The van der Waals surface area contributed by atoms with Gasteiger partial charge >= 0.3 is 0 Å². The highest BCUT2D eigenvalue weighted by Gasteiger charge is 2.22. The van der Waals surface area contributed by atoms with Crippen LogP contribution in [0.15, 0.2) is 65.3 Å². The van der Waals surface area contributed by atoms with Crippen LogP contribution in [0.3, 0.4) is 0 Å². The molecule has 1 aliphatic rings. The lowest BCUT2D eigenvalue weighted by Gasteiger charge is -2.19. The Bertz CT molecular complexity index is 956. The van der Waals surface area contributed by atoms with Gasteiger partial charge in [0.2, 0.25) is 0 Å². The maximum atomic E-state index is 12.8. The second-order valence-electron chi connectivity index (χ2n) is 6.83. The number of benzene rings is 1. The summed E-state index contributed by atoms with van der Waals surface area (Å²) >= 11 is 0. The van der Waals surface area contributed by atoms with Crippen LogP contribution in [0, 0.1) is 0 Å². The molecule has 0 radical (unpaired) electrons. The van der Waals surface area contributed by atoms with Crippen LogP contribution < -0.4 is 9.62 Å². The molecule has 1 amide bonds. The van der Waals surface area contributed by atoms with Crippen molar-refractivity contribution in [3.63, 3.8) is 0 Å². The first-order valence-corrected chi connectivity index (χ1v) is 10.9. The van der Waals surface area contributed by atoms with Gasteiger partial charge in [0.25, 0.3) is 15.9 Å². The highest BCUT2D eigenvalue weighted by Crippen LogP contribution is 2.22. The van der Waals surface area contributed by atoms with Crippen LogP contribution >= 0.6 is 0 Å². The van der Waals surface area contributed by atoms with E-state index >= 15 is 0 Å². The maximum Gasteiger partial charge on any atom is 0.264 e. The van der Waals surface area contributed by atoms with E-state index in [9.17, 15) is 13.2 Å². The molecule has 6 nitrogen and oxygen atoms in total. The molecule has 3 rings (SSSR count). The molecule has 1 aromatic carbocycles. The van der Waals surface area contributed by atoms with E-state index in [4.69, 9.17) is 0 Å². The number of nitrogens with zero attached hydrogens (tertiary/aromatic N) is 2. The first-order chi connectivity index (χ1) is 13.5. The van der Waals surface area contributed by atoms with E-state index in [1.807, 2.05) is 0 Å². The third-order valence-corrected chi connectivity index (χ3v) is 6.67. The van der Waals surface area contributed by atoms with Gasteiger partial charge in [-0.1, -0.05) is 29.8 Å². The van der Waals surface area contributed by atoms with Crippen LogP contribution in [0.5, 0.6) is 0 Å². The molecule has 1 aromatic heterocycles. The number of hydrogen-bond donors (Lipinski definition) is 1. The van der Waals surface area contributed by atoms with Crippen molar-refractivity contribution in [2.45, 2.75) is 37.0 Å². The number of rotatable bonds is 7. The molecule has 0 unspecified atom stereocenters. The molecular weight excluding hydrogens is 374 g/mol. The Morgan fingerprint density at radius 1 is 1.18 bits per heavy atom. The van der Waals surface area contributed by atoms with Gasteiger partial charge in [0.15, 0.2) is 0 Å². The summed E-state index contributed by atoms with van der Waals surface area (Å²) in [4.78, 5) is 16.7. The molecule has 148 valence electrons. The number of nitrogens with one attached hydrogen (secondary N) is 1. The van der Waals surface area contributed by atoms with Gasteiger partial charge in [-0.25, -0.2) is 8.42 Å². The van der Waals surface area contributed by atoms with Crippen LogP contribution in [-0.4, -0.2) is 32.9 Å². The predicted molar refractivity (Wildman–Crippen MR) is 110 cm³/mol. The van der Waals surface area contributed by atoms with Crippen LogP contribution in [-0.2, 0) is 10.0 Å². The van der Waals surface area contributed by atoms with Crippen molar-refractivity contribution >= 4 is 21.6 Å². The lowest BCUT2D eigenvalue weighted by Crippen LogP contribution is -2.28. The smallest absolute Gasteiger partial charge is 0.264 e. The molecule has 1 aliphatic carbocycles. The lowest BCUT2D eigenvalue weighted by atomic mass is 9.97. The Hall–Kier alpha value is -2.67. The van der Waals surface area contributed by atoms with E-state index in [-0.39, 0.29) is 10.8 Å². The van der Waals surface area contributed by atoms with E-state index in [0.717, 1.165) is 23.6 Å². The van der Waals surface area contributed by atoms with Gasteiger partial charge in [-0.15, -0.1) is 0 Å². The molecule has 0 atom stereocenters. The molecule has 0 spiro atoms. The van der Waals surface area contributed by atoms with E-state index in [1.165, 1.54) is 50.0 Å². The van der Waals surface area contributed by atoms with Crippen LogP contribution in [0.25, 0.3) is 0 Å². The molecule has 7 heteroatoms. The largest absolute Gasteiger partial charge is 0.352 e. The highest BCUT2D eigenvalue weighted by molar-refractivity contribution is 7.92. The van der Waals surface area contributed by atoms with Crippen LogP contribution in [0.4, 0.5) is 5.69 Å². The minimum absolute atomic E-state index is 0.188. The average Bonchev–Trinajstić information content (AvgIpc) is 2.74. The number of sulfonamides is 1. The lowest BCUT2D eigenvalue weighted by molar-refractivity contribution is 0.0953. The van der Waals surface area contributed by atoms with Crippen molar-refractivity contribution in [2.75, 3.05) is 17.9 Å². The minimum Gasteiger partial charge on any atom is -0.352 e. The zero-order valence-electron chi connectivity index (χ0n) is 16.0. The van der Waals surface area contributed by atoms with Crippen molar-refractivity contribution in [2.24, 2.45) is 0 Å². The summed E-state index contributed by atoms with van der Waals surface area (Å²) in [5, 5.41) is 2.90. The summed E-state index contributed by atoms with van der Waals surface area (Å²) in [7, 11) is -2.26. The number of carbonyl (C=O) groups is 1. The number of hydrogen-bond acceptors (Lipinski definition) is 4. The van der Waals surface area contributed by atoms with Crippen molar-refractivity contribution < 1.29 is 13.2 Å². The third kappa shape index (κ3) is 4.78. The Morgan fingerprint density at radius 3 is 2.68 bits per heavy atom. The molecule has 1 heterocycles. The number of carbonyl (C=O) groups excluding carboxylic acids is 1. The first-order valence-electron chi connectivity index (χ1n) is 9.43. The first kappa shape index (κ1) is 20.1. The van der Waals surface area contributed by atoms with E-state index < -0.39 is 10.0 Å². The standard InChI is InChI=1S/C21H25N3O3S/c1-24(28(26,27)20-10-6-3-7-11-20)19-14-18(15-22-16-19)21(25)23-13-12-17-8-4-2-5-9-17/h3,6-8,10-11,14-16H,2,4-5,9,12-13H2,1H3,(H,23,25). The van der Waals surface area contributed by atoms with Crippen molar-refractivity contribution in [3.8, 4) is 0 Å². The van der Waals surface area contributed by atoms with E-state index in [0.29, 0.717) is 17.8 Å². The molecule has 0 bridgehead atoms. The molecule has 1 N–H and O–H groups in total. The van der Waals surface area contributed by atoms with Crippen molar-refractivity contribution in [1.82, 2.24) is 10.3 Å². The summed E-state index contributed by atoms with van der Waals surface area (Å²) in [6.45, 7) is 0.563. The fourth-order valence-electron chi connectivity index (χ4n) is 3.18. The van der Waals surface area contributed by atoms with E-state index in [1.54, 1.807) is 24.3 Å². The molecule has 0 saturated heterocycles. The van der Waals surface area contributed by atoms with Gasteiger partial charge in [-0.05, 0) is 50.3 Å². The maximum absolute atomic E-state index is 12.8. The number of allylic oxidation sites excluding steroid dienone is 1. The average molecular weight is 400 g/mol. The molecular formula is C21H25N3O3S. The normalized spacial score (nSPS) is 14.2. The van der Waals surface area contributed by atoms with Crippen LogP contribution in [0.2, 0.25) is 0 Å². The SMILES string of the molecule is CN(c1cncc(C(=O)NCCC2=CCCCC2)c1)S(=O)(=O)c1ccccc1. The fourth-order valence-corrected chi connectivity index (χ4v) is 4.38. The summed E-state index contributed by atoms with van der Waals surface area (Å²) < 4.78 is 26.6. The Morgan fingerprint density at radius 2 is 1.96 bits per heavy atom. The minimum atomic E-state index is -3.71. The van der Waals surface area contributed by atoms with Gasteiger partial charge < -0.3 is 5.32 Å². The van der Waals surface area contributed by atoms with E-state index in [2.05, 4.69) is 16.4 Å². The Labute approximate surface area is 166 Å². The van der Waals surface area contributed by atoms with Crippen molar-refractivity contribution in [1.29, 1.82) is 0 Å². The number of pyridine rings is 1. The van der Waals surface area contributed by atoms with Gasteiger partial charge in [0.1, 0.15) is 0 Å². The van der Waals surface area contributed by atoms with Gasteiger partial charge in [0, 0.05) is 19.8 Å². The fraction of sp³-hybridized carbons (Fsp3) is 0.333. The second-order valence-corrected chi connectivity index (χ2v) is 8.80. The molecule has 0 saturated carbocycles. The second kappa shape index (κ2) is 9.01.